The molecule has 0 aromatic heterocycles. The van der Waals surface area contributed by atoms with Gasteiger partial charge in [-0.25, -0.2) is 0 Å². The van der Waals surface area contributed by atoms with E-state index in [1.807, 2.05) is 6.56 Å². The zero-order valence-electron chi connectivity index (χ0n) is 12.9. The predicted molar refractivity (Wildman–Crippen MR) is 87.9 cm³/mol. The number of allylic oxidation sites excluding steroid dienone is 8. The van der Waals surface area contributed by atoms with Gasteiger partial charge in [-0.15, -0.1) is 12.4 Å². The first-order chi connectivity index (χ1) is 9.35. The first-order valence-corrected chi connectivity index (χ1v) is 10.3. The van der Waals surface area contributed by atoms with Crippen LogP contribution in [-0.2, 0) is 23.2 Å². The predicted octanol–water partition coefficient (Wildman–Crippen LogP) is 6.30. The molecule has 20 heavy (non-hydrogen) atoms. The van der Waals surface area contributed by atoms with Crippen molar-refractivity contribution in [2.24, 2.45) is 0 Å². The third kappa shape index (κ3) is 5.16. The fraction of sp³-hybridized carbons (Fsp3) is 0.556. The van der Waals surface area contributed by atoms with Gasteiger partial charge < -0.3 is 0 Å². The summed E-state index contributed by atoms with van der Waals surface area (Å²) in [5, 5.41) is 0. The molecule has 0 N–H and O–H groups in total. The molecule has 0 bridgehead atoms. The van der Waals surface area contributed by atoms with Gasteiger partial charge in [0.05, 0.1) is 0 Å². The van der Waals surface area contributed by atoms with Crippen LogP contribution >= 0.6 is 12.4 Å². The summed E-state index contributed by atoms with van der Waals surface area (Å²) in [4.78, 5) is 0. The molecular formula is C18H27ClZr. The van der Waals surface area contributed by atoms with E-state index in [0.717, 1.165) is 0 Å². The van der Waals surface area contributed by atoms with Gasteiger partial charge in [0.1, 0.15) is 0 Å². The molecule has 0 saturated carbocycles. The van der Waals surface area contributed by atoms with Crippen molar-refractivity contribution in [1.29, 1.82) is 0 Å². The topological polar surface area (TPSA) is 0 Å². The van der Waals surface area contributed by atoms with Gasteiger partial charge in [-0.1, -0.05) is 0 Å². The van der Waals surface area contributed by atoms with Crippen LogP contribution in [0.3, 0.4) is 0 Å². The van der Waals surface area contributed by atoms with Gasteiger partial charge in [-0.2, -0.15) is 0 Å². The summed E-state index contributed by atoms with van der Waals surface area (Å²) in [7, 11) is 0. The third-order valence-corrected chi connectivity index (χ3v) is 8.02. The molecule has 0 aromatic rings. The van der Waals surface area contributed by atoms with Crippen molar-refractivity contribution in [3.8, 4) is 0 Å². The minimum Gasteiger partial charge on any atom is -0.147 e. The summed E-state index contributed by atoms with van der Waals surface area (Å²) in [6.45, 7) is 4.59. The number of hydrogen-bond acceptors (Lipinski definition) is 0. The van der Waals surface area contributed by atoms with E-state index >= 15 is 0 Å². The van der Waals surface area contributed by atoms with Gasteiger partial charge >= 0.3 is 130 Å². The maximum atomic E-state index is 2.42. The molecule has 0 aliphatic heterocycles. The monoisotopic (exact) mass is 368 g/mol. The molecule has 2 rings (SSSR count). The van der Waals surface area contributed by atoms with Crippen molar-refractivity contribution < 1.29 is 23.2 Å². The van der Waals surface area contributed by atoms with Crippen molar-refractivity contribution >= 4 is 12.4 Å². The quantitative estimate of drug-likeness (QED) is 0.471. The van der Waals surface area contributed by atoms with Crippen LogP contribution in [0.1, 0.15) is 65.2 Å². The Bertz CT molecular complexity index is 387. The Morgan fingerprint density at radius 3 is 1.70 bits per heavy atom. The van der Waals surface area contributed by atoms with Crippen LogP contribution in [0.25, 0.3) is 0 Å². The number of hydrogen-bond donors (Lipinski definition) is 0. The average molecular weight is 370 g/mol. The zero-order chi connectivity index (χ0) is 13.5. The second kappa shape index (κ2) is 9.96. The Morgan fingerprint density at radius 2 is 1.30 bits per heavy atom. The third-order valence-electron chi connectivity index (χ3n) is 3.96. The minimum absolute atomic E-state index is 0. The van der Waals surface area contributed by atoms with Gasteiger partial charge in [-0.05, 0) is 0 Å². The normalized spacial score (nSPS) is 17.1. The van der Waals surface area contributed by atoms with Crippen LogP contribution in [0, 0.1) is 0 Å². The number of rotatable bonds is 8. The first-order valence-electron chi connectivity index (χ1n) is 7.89. The molecule has 0 radical (unpaired) electrons. The van der Waals surface area contributed by atoms with Crippen molar-refractivity contribution in [3.05, 3.63) is 42.0 Å². The molecule has 2 heteroatoms. The molecule has 0 atom stereocenters. The van der Waals surface area contributed by atoms with Gasteiger partial charge in [-0.3, -0.25) is 0 Å². The van der Waals surface area contributed by atoms with E-state index in [1.165, 1.54) is 51.4 Å². The van der Waals surface area contributed by atoms with Crippen LogP contribution in [0.2, 0.25) is 0 Å². The van der Waals surface area contributed by atoms with Crippen molar-refractivity contribution in [2.75, 3.05) is 0 Å². The SMILES string of the molecule is CCCCC1=[C]([Zr][C]2=C(CCCC)C=CC2)CC=C1.Cl. The van der Waals surface area contributed by atoms with Gasteiger partial charge in [0.15, 0.2) is 0 Å². The van der Waals surface area contributed by atoms with Crippen LogP contribution in [0.15, 0.2) is 42.0 Å². The maximum absolute atomic E-state index is 2.42. The molecule has 2 aliphatic carbocycles. The summed E-state index contributed by atoms with van der Waals surface area (Å²) < 4.78 is 3.73. The summed E-state index contributed by atoms with van der Waals surface area (Å²) >= 11 is -0.463. The summed E-state index contributed by atoms with van der Waals surface area (Å²) in [5.74, 6) is 0. The van der Waals surface area contributed by atoms with E-state index in [2.05, 4.69) is 38.2 Å². The fourth-order valence-corrected chi connectivity index (χ4v) is 6.54. The van der Waals surface area contributed by atoms with Gasteiger partial charge in [0.2, 0.25) is 0 Å². The largest absolute Gasteiger partial charge is 0.147 e. The first kappa shape index (κ1) is 18.2. The van der Waals surface area contributed by atoms with Crippen molar-refractivity contribution in [2.45, 2.75) is 65.2 Å². The van der Waals surface area contributed by atoms with E-state index < -0.39 is 23.2 Å². The number of halogens is 1. The van der Waals surface area contributed by atoms with E-state index in [-0.39, 0.29) is 12.4 Å². The van der Waals surface area contributed by atoms with Crippen LogP contribution < -0.4 is 0 Å². The van der Waals surface area contributed by atoms with E-state index in [4.69, 9.17) is 0 Å². The molecule has 0 aromatic carbocycles. The van der Waals surface area contributed by atoms with Crippen molar-refractivity contribution in [3.63, 3.8) is 0 Å². The summed E-state index contributed by atoms with van der Waals surface area (Å²) in [6.07, 6.45) is 20.2. The molecule has 0 unspecified atom stereocenters. The Balaban J connectivity index is 0.00000200. The number of unbranched alkanes of at least 4 members (excludes halogenated alkanes) is 2. The Morgan fingerprint density at radius 1 is 0.850 bits per heavy atom. The van der Waals surface area contributed by atoms with Gasteiger partial charge in [0.25, 0.3) is 0 Å². The Labute approximate surface area is 142 Å². The fourth-order valence-electron chi connectivity index (χ4n) is 2.75. The molecule has 0 spiro atoms. The van der Waals surface area contributed by atoms with Gasteiger partial charge in [0, 0.05) is 0 Å². The standard InChI is InChI=1S/2C9H13.ClH.Zr/c2*1-2-3-6-9-7-4-5-8-9;;/h2*4,7H,2-3,5-6H2,1H3;1H;. The van der Waals surface area contributed by atoms with Crippen LogP contribution in [-0.4, -0.2) is 0 Å². The molecule has 0 nitrogen and oxygen atoms in total. The Kier molecular flexibility index (Phi) is 9.05. The molecule has 0 heterocycles. The zero-order valence-corrected chi connectivity index (χ0v) is 16.1. The van der Waals surface area contributed by atoms with E-state index in [1.54, 1.807) is 11.1 Å². The summed E-state index contributed by atoms with van der Waals surface area (Å²) in [5.41, 5.74) is 3.42. The van der Waals surface area contributed by atoms with Crippen LogP contribution in [0.4, 0.5) is 0 Å². The molecule has 2 aliphatic rings. The smallest absolute Gasteiger partial charge is 0.147 e. The second-order valence-electron chi connectivity index (χ2n) is 5.55. The Hall–Kier alpha value is 0.133. The average Bonchev–Trinajstić information content (AvgIpc) is 3.04. The molecule has 0 saturated heterocycles. The maximum Gasteiger partial charge on any atom is -0.147 e. The van der Waals surface area contributed by atoms with Crippen molar-refractivity contribution in [1.82, 2.24) is 0 Å². The molecule has 0 amide bonds. The van der Waals surface area contributed by atoms with E-state index in [0.29, 0.717) is 0 Å². The molecule has 110 valence electrons. The second-order valence-corrected chi connectivity index (χ2v) is 9.13. The van der Waals surface area contributed by atoms with E-state index in [9.17, 15) is 0 Å². The minimum atomic E-state index is -0.463. The van der Waals surface area contributed by atoms with Crippen LogP contribution in [0.5, 0.6) is 0 Å². The molecular weight excluding hydrogens is 343 g/mol. The molecule has 0 fully saturated rings. The summed E-state index contributed by atoms with van der Waals surface area (Å²) in [6, 6.07) is 0.